The van der Waals surface area contributed by atoms with Gasteiger partial charge in [0, 0.05) is 5.92 Å². The van der Waals surface area contributed by atoms with Crippen molar-refractivity contribution in [2.45, 2.75) is 64.7 Å². The van der Waals surface area contributed by atoms with Crippen LogP contribution in [0.4, 0.5) is 0 Å². The molecule has 0 saturated carbocycles. The Morgan fingerprint density at radius 3 is 2.58 bits per heavy atom. The van der Waals surface area contributed by atoms with E-state index in [0.29, 0.717) is 11.8 Å². The van der Waals surface area contributed by atoms with Crippen LogP contribution in [0.25, 0.3) is 0 Å². The lowest BCUT2D eigenvalue weighted by Gasteiger charge is -2.11. The molecule has 0 saturated heterocycles. The quantitative estimate of drug-likeness (QED) is 0.487. The van der Waals surface area contributed by atoms with Crippen LogP contribution in [0.5, 0.6) is 5.75 Å². The molecule has 0 atom stereocenters. The van der Waals surface area contributed by atoms with Crippen LogP contribution in [0.2, 0.25) is 0 Å². The normalized spacial score (nSPS) is 11.0. The maximum Gasteiger partial charge on any atom is 0.160 e. The number of nitrogens with zero attached hydrogens (tertiary/aromatic N) is 2. The second kappa shape index (κ2) is 9.13. The summed E-state index contributed by atoms with van der Waals surface area (Å²) in [5, 5.41) is 0. The number of halogens is 1. The first kappa shape index (κ1) is 16.2. The molecule has 1 aromatic rings. The zero-order valence-corrected chi connectivity index (χ0v) is 13.0. The molecule has 1 heterocycles. The molecule has 0 amide bonds. The maximum absolute atomic E-state index is 5.92. The van der Waals surface area contributed by atoms with E-state index in [1.54, 1.807) is 6.20 Å². The molecule has 0 aliphatic rings. The molecule has 0 aromatic carbocycles. The molecular formula is C15H25ClN2O. The fraction of sp³-hybridized carbons (Fsp3) is 0.733. The Balaban J connectivity index is 2.44. The van der Waals surface area contributed by atoms with Crippen LogP contribution in [-0.4, -0.2) is 16.6 Å². The Morgan fingerprint density at radius 1 is 1.21 bits per heavy atom. The van der Waals surface area contributed by atoms with Gasteiger partial charge in [0.05, 0.1) is 18.7 Å². The highest BCUT2D eigenvalue weighted by Crippen LogP contribution is 2.20. The number of hydrogen-bond acceptors (Lipinski definition) is 3. The summed E-state index contributed by atoms with van der Waals surface area (Å²) in [7, 11) is 0. The van der Waals surface area contributed by atoms with E-state index in [0.717, 1.165) is 30.3 Å². The van der Waals surface area contributed by atoms with Crippen molar-refractivity contribution in [3.05, 3.63) is 17.7 Å². The van der Waals surface area contributed by atoms with Gasteiger partial charge in [-0.3, -0.25) is 0 Å². The van der Waals surface area contributed by atoms with E-state index < -0.39 is 0 Å². The molecule has 0 fully saturated rings. The summed E-state index contributed by atoms with van der Waals surface area (Å²) in [4.78, 5) is 8.77. The van der Waals surface area contributed by atoms with E-state index in [1.165, 1.54) is 25.7 Å². The fourth-order valence-corrected chi connectivity index (χ4v) is 2.00. The number of alkyl halides is 1. The van der Waals surface area contributed by atoms with Gasteiger partial charge in [0.1, 0.15) is 11.5 Å². The van der Waals surface area contributed by atoms with Crippen molar-refractivity contribution in [2.75, 3.05) is 6.61 Å². The second-order valence-corrected chi connectivity index (χ2v) is 5.36. The van der Waals surface area contributed by atoms with E-state index in [4.69, 9.17) is 16.3 Å². The first-order chi connectivity index (χ1) is 9.19. The zero-order chi connectivity index (χ0) is 14.1. The molecular weight excluding hydrogens is 260 g/mol. The number of hydrogen-bond donors (Lipinski definition) is 0. The minimum absolute atomic E-state index is 0.310. The molecule has 108 valence electrons. The van der Waals surface area contributed by atoms with Crippen LogP contribution < -0.4 is 4.74 Å². The summed E-state index contributed by atoms with van der Waals surface area (Å²) >= 11 is 5.92. The lowest BCUT2D eigenvalue weighted by molar-refractivity contribution is 0.299. The van der Waals surface area contributed by atoms with Gasteiger partial charge in [-0.1, -0.05) is 46.5 Å². The summed E-state index contributed by atoms with van der Waals surface area (Å²) < 4.78 is 5.73. The van der Waals surface area contributed by atoms with Crippen molar-refractivity contribution < 1.29 is 4.74 Å². The lowest BCUT2D eigenvalue weighted by atomic mass is 10.2. The van der Waals surface area contributed by atoms with Crippen LogP contribution >= 0.6 is 11.6 Å². The number of unbranched alkanes of at least 4 members (excludes halogenated alkanes) is 4. The Morgan fingerprint density at radius 2 is 1.95 bits per heavy atom. The third kappa shape index (κ3) is 5.77. The first-order valence-corrected chi connectivity index (χ1v) is 7.77. The Labute approximate surface area is 121 Å². The highest BCUT2D eigenvalue weighted by molar-refractivity contribution is 6.17. The third-order valence-electron chi connectivity index (χ3n) is 3.00. The van der Waals surface area contributed by atoms with Gasteiger partial charge in [-0.25, -0.2) is 9.97 Å². The van der Waals surface area contributed by atoms with Crippen LogP contribution in [-0.2, 0) is 5.88 Å². The smallest absolute Gasteiger partial charge is 0.160 e. The summed E-state index contributed by atoms with van der Waals surface area (Å²) in [6.07, 6.45) is 7.90. The van der Waals surface area contributed by atoms with Gasteiger partial charge >= 0.3 is 0 Å². The molecule has 3 nitrogen and oxygen atoms in total. The lowest BCUT2D eigenvalue weighted by Crippen LogP contribution is -2.05. The van der Waals surface area contributed by atoms with Gasteiger partial charge in [-0.05, 0) is 6.42 Å². The van der Waals surface area contributed by atoms with Gasteiger partial charge < -0.3 is 4.74 Å². The summed E-state index contributed by atoms with van der Waals surface area (Å²) in [6.45, 7) is 7.08. The van der Waals surface area contributed by atoms with Crippen molar-refractivity contribution in [3.8, 4) is 5.75 Å². The molecule has 0 unspecified atom stereocenters. The van der Waals surface area contributed by atoms with Crippen LogP contribution in [0.1, 0.15) is 70.3 Å². The predicted octanol–water partition coefficient (Wildman–Crippen LogP) is 4.69. The van der Waals surface area contributed by atoms with Crippen LogP contribution in [0.15, 0.2) is 6.20 Å². The Bertz CT molecular complexity index is 369. The van der Waals surface area contributed by atoms with Crippen LogP contribution in [0.3, 0.4) is 0 Å². The highest BCUT2D eigenvalue weighted by Gasteiger charge is 2.09. The molecule has 0 N–H and O–H groups in total. The second-order valence-electron chi connectivity index (χ2n) is 5.09. The van der Waals surface area contributed by atoms with Gasteiger partial charge in [-0.2, -0.15) is 0 Å². The molecule has 0 aliphatic heterocycles. The summed E-state index contributed by atoms with van der Waals surface area (Å²) in [5.74, 6) is 2.24. The molecule has 19 heavy (non-hydrogen) atoms. The standard InChI is InChI=1S/C15H25ClN2O/c1-4-5-6-7-8-9-19-14-11-17-15(12(2)3)18-13(14)10-16/h11-12H,4-10H2,1-3H3. The number of rotatable bonds is 9. The third-order valence-corrected chi connectivity index (χ3v) is 3.25. The predicted molar refractivity (Wildman–Crippen MR) is 79.9 cm³/mol. The molecule has 0 aliphatic carbocycles. The fourth-order valence-electron chi connectivity index (χ4n) is 1.80. The number of ether oxygens (including phenoxy) is 1. The van der Waals surface area contributed by atoms with Crippen molar-refractivity contribution >= 4 is 11.6 Å². The van der Waals surface area contributed by atoms with Crippen molar-refractivity contribution in [1.82, 2.24) is 9.97 Å². The average Bonchev–Trinajstić information content (AvgIpc) is 2.42. The molecule has 4 heteroatoms. The van der Waals surface area contributed by atoms with Crippen molar-refractivity contribution in [1.29, 1.82) is 0 Å². The van der Waals surface area contributed by atoms with E-state index in [1.807, 2.05) is 0 Å². The van der Waals surface area contributed by atoms with Gasteiger partial charge in [0.25, 0.3) is 0 Å². The molecule has 1 aromatic heterocycles. The minimum Gasteiger partial charge on any atom is -0.490 e. The Kier molecular flexibility index (Phi) is 7.80. The van der Waals surface area contributed by atoms with E-state index in [-0.39, 0.29) is 0 Å². The van der Waals surface area contributed by atoms with Gasteiger partial charge in [0.15, 0.2) is 5.75 Å². The Hall–Kier alpha value is -0.830. The maximum atomic E-state index is 5.92. The molecule has 0 spiro atoms. The van der Waals surface area contributed by atoms with Gasteiger partial charge in [0.2, 0.25) is 0 Å². The zero-order valence-electron chi connectivity index (χ0n) is 12.3. The molecule has 0 bridgehead atoms. The first-order valence-electron chi connectivity index (χ1n) is 7.23. The minimum atomic E-state index is 0.310. The molecule has 1 rings (SSSR count). The van der Waals surface area contributed by atoms with E-state index in [9.17, 15) is 0 Å². The van der Waals surface area contributed by atoms with Crippen molar-refractivity contribution in [3.63, 3.8) is 0 Å². The molecule has 0 radical (unpaired) electrons. The monoisotopic (exact) mass is 284 g/mol. The summed E-state index contributed by atoms with van der Waals surface area (Å²) in [5.41, 5.74) is 0.800. The van der Waals surface area contributed by atoms with Crippen molar-refractivity contribution in [2.24, 2.45) is 0 Å². The van der Waals surface area contributed by atoms with Gasteiger partial charge in [-0.15, -0.1) is 11.6 Å². The summed E-state index contributed by atoms with van der Waals surface area (Å²) in [6, 6.07) is 0. The SMILES string of the molecule is CCCCCCCOc1cnc(C(C)C)nc1CCl. The van der Waals surface area contributed by atoms with E-state index in [2.05, 4.69) is 30.7 Å². The average molecular weight is 285 g/mol. The van der Waals surface area contributed by atoms with E-state index >= 15 is 0 Å². The topological polar surface area (TPSA) is 35.0 Å². The number of aromatic nitrogens is 2. The largest absolute Gasteiger partial charge is 0.490 e. The highest BCUT2D eigenvalue weighted by atomic mass is 35.5. The van der Waals surface area contributed by atoms with Crippen LogP contribution in [0, 0.1) is 0 Å².